The fourth-order valence-corrected chi connectivity index (χ4v) is 2.76. The van der Waals surface area contributed by atoms with E-state index in [9.17, 15) is 14.0 Å². The van der Waals surface area contributed by atoms with Gasteiger partial charge in [-0.1, -0.05) is 43.3 Å². The molecule has 0 spiro atoms. The number of esters is 2. The van der Waals surface area contributed by atoms with Crippen molar-refractivity contribution in [2.24, 2.45) is 0 Å². The summed E-state index contributed by atoms with van der Waals surface area (Å²) in [6.07, 6.45) is -4.60. The van der Waals surface area contributed by atoms with Gasteiger partial charge >= 0.3 is 11.9 Å². The minimum atomic E-state index is -1.76. The summed E-state index contributed by atoms with van der Waals surface area (Å²) in [5, 5.41) is 0. The van der Waals surface area contributed by atoms with Crippen molar-refractivity contribution in [2.45, 2.75) is 38.0 Å². The quantitative estimate of drug-likeness (QED) is 0.765. The van der Waals surface area contributed by atoms with Crippen LogP contribution in [0.2, 0.25) is 0 Å². The SMILES string of the molecule is CC[C@H]1O[C@@H](OC(=O)c2ccccc2)[C@H](F)C1OC(=O)c1ccccc1. The van der Waals surface area contributed by atoms with E-state index >= 15 is 0 Å². The largest absolute Gasteiger partial charge is 0.453 e. The maximum atomic E-state index is 14.8. The first-order valence-corrected chi connectivity index (χ1v) is 8.41. The average molecular weight is 358 g/mol. The molecule has 0 aromatic heterocycles. The van der Waals surface area contributed by atoms with E-state index in [-0.39, 0.29) is 0 Å². The first kappa shape index (κ1) is 18.1. The zero-order valence-electron chi connectivity index (χ0n) is 14.2. The molecule has 1 saturated heterocycles. The van der Waals surface area contributed by atoms with Crippen molar-refractivity contribution >= 4 is 11.9 Å². The molecule has 0 N–H and O–H groups in total. The highest BCUT2D eigenvalue weighted by molar-refractivity contribution is 5.90. The lowest BCUT2D eigenvalue weighted by Crippen LogP contribution is -2.35. The molecule has 2 aromatic rings. The molecule has 0 saturated carbocycles. The van der Waals surface area contributed by atoms with Gasteiger partial charge in [0.05, 0.1) is 11.1 Å². The van der Waals surface area contributed by atoms with Crippen molar-refractivity contribution in [3.05, 3.63) is 71.8 Å². The summed E-state index contributed by atoms with van der Waals surface area (Å²) in [4.78, 5) is 24.3. The van der Waals surface area contributed by atoms with Crippen LogP contribution in [0.5, 0.6) is 0 Å². The van der Waals surface area contributed by atoms with Crippen molar-refractivity contribution in [1.29, 1.82) is 0 Å². The van der Waals surface area contributed by atoms with E-state index < -0.39 is 36.6 Å². The second kappa shape index (κ2) is 8.10. The minimum absolute atomic E-state index is 0.293. The lowest BCUT2D eigenvalue weighted by Gasteiger charge is -2.18. The number of carbonyl (C=O) groups is 2. The molecule has 136 valence electrons. The summed E-state index contributed by atoms with van der Waals surface area (Å²) in [7, 11) is 0. The van der Waals surface area contributed by atoms with E-state index in [1.54, 1.807) is 67.6 Å². The highest BCUT2D eigenvalue weighted by atomic mass is 19.1. The number of benzene rings is 2. The predicted molar refractivity (Wildman–Crippen MR) is 91.4 cm³/mol. The van der Waals surface area contributed by atoms with E-state index in [0.717, 1.165) is 0 Å². The van der Waals surface area contributed by atoms with Crippen LogP contribution in [0.15, 0.2) is 60.7 Å². The molecule has 0 radical (unpaired) electrons. The van der Waals surface area contributed by atoms with Gasteiger partial charge in [-0.05, 0) is 30.7 Å². The maximum Gasteiger partial charge on any atom is 0.340 e. The molecule has 1 aliphatic heterocycles. The summed E-state index contributed by atoms with van der Waals surface area (Å²) < 4.78 is 30.7. The molecule has 1 fully saturated rings. The molecule has 0 amide bonds. The van der Waals surface area contributed by atoms with Gasteiger partial charge < -0.3 is 14.2 Å². The van der Waals surface area contributed by atoms with Crippen LogP contribution in [-0.4, -0.2) is 36.6 Å². The van der Waals surface area contributed by atoms with Gasteiger partial charge in [0.1, 0.15) is 6.10 Å². The van der Waals surface area contributed by atoms with Gasteiger partial charge in [-0.2, -0.15) is 0 Å². The van der Waals surface area contributed by atoms with E-state index in [1.807, 2.05) is 0 Å². The van der Waals surface area contributed by atoms with Crippen molar-refractivity contribution in [3.63, 3.8) is 0 Å². The van der Waals surface area contributed by atoms with Crippen LogP contribution < -0.4 is 0 Å². The number of carbonyl (C=O) groups excluding carboxylic acids is 2. The normalized spacial score (nSPS) is 24.8. The number of halogens is 1. The smallest absolute Gasteiger partial charge is 0.340 e. The van der Waals surface area contributed by atoms with Crippen LogP contribution >= 0.6 is 0 Å². The zero-order valence-corrected chi connectivity index (χ0v) is 14.2. The Hall–Kier alpha value is -2.73. The number of rotatable bonds is 5. The topological polar surface area (TPSA) is 61.8 Å². The second-order valence-corrected chi connectivity index (χ2v) is 5.90. The molecule has 0 bridgehead atoms. The van der Waals surface area contributed by atoms with E-state index in [4.69, 9.17) is 14.2 Å². The maximum absolute atomic E-state index is 14.8. The average Bonchev–Trinajstić information content (AvgIpc) is 2.98. The second-order valence-electron chi connectivity index (χ2n) is 5.90. The van der Waals surface area contributed by atoms with E-state index in [1.165, 1.54) is 0 Å². The van der Waals surface area contributed by atoms with Gasteiger partial charge in [0.15, 0.2) is 6.10 Å². The van der Waals surface area contributed by atoms with Crippen molar-refractivity contribution < 1.29 is 28.2 Å². The first-order valence-electron chi connectivity index (χ1n) is 8.41. The standard InChI is InChI=1S/C20H19FO5/c1-2-15-17(25-18(22)13-9-5-3-6-10-13)16(21)20(24-15)26-19(23)14-11-7-4-8-12-14/h3-12,15-17,20H,2H2,1H3/t15-,16-,17?,20+/m1/s1. The summed E-state index contributed by atoms with van der Waals surface area (Å²) in [5.41, 5.74) is 0.611. The van der Waals surface area contributed by atoms with Crippen molar-refractivity contribution in [1.82, 2.24) is 0 Å². The predicted octanol–water partition coefficient (Wildman–Crippen LogP) is 3.54. The first-order chi connectivity index (χ1) is 12.6. The highest BCUT2D eigenvalue weighted by Gasteiger charge is 2.49. The van der Waals surface area contributed by atoms with Crippen LogP contribution in [0.3, 0.4) is 0 Å². The number of hydrogen-bond donors (Lipinski definition) is 0. The summed E-state index contributed by atoms with van der Waals surface area (Å²) in [6.45, 7) is 1.78. The molecule has 6 heteroatoms. The highest BCUT2D eigenvalue weighted by Crippen LogP contribution is 2.30. The fraction of sp³-hybridized carbons (Fsp3) is 0.300. The van der Waals surface area contributed by atoms with Crippen LogP contribution in [0.4, 0.5) is 4.39 Å². The minimum Gasteiger partial charge on any atom is -0.453 e. The Labute approximate surface area is 150 Å². The third kappa shape index (κ3) is 3.91. The van der Waals surface area contributed by atoms with Crippen molar-refractivity contribution in [2.75, 3.05) is 0 Å². The third-order valence-electron chi connectivity index (χ3n) is 4.14. The van der Waals surface area contributed by atoms with Gasteiger partial charge in [0.25, 0.3) is 0 Å². The Balaban J connectivity index is 1.67. The fourth-order valence-electron chi connectivity index (χ4n) is 2.76. The molecule has 26 heavy (non-hydrogen) atoms. The summed E-state index contributed by atoms with van der Waals surface area (Å²) in [5.74, 6) is -1.33. The van der Waals surface area contributed by atoms with Gasteiger partial charge in [0.2, 0.25) is 12.5 Å². The molecule has 5 nitrogen and oxygen atoms in total. The Morgan fingerprint density at radius 1 is 0.923 bits per heavy atom. The molecular formula is C20H19FO5. The van der Waals surface area contributed by atoms with Crippen LogP contribution in [0, 0.1) is 0 Å². The monoisotopic (exact) mass is 358 g/mol. The van der Waals surface area contributed by atoms with E-state index in [0.29, 0.717) is 17.5 Å². The molecular weight excluding hydrogens is 339 g/mol. The summed E-state index contributed by atoms with van der Waals surface area (Å²) in [6, 6.07) is 16.6. The third-order valence-corrected chi connectivity index (χ3v) is 4.14. The lowest BCUT2D eigenvalue weighted by molar-refractivity contribution is -0.121. The Morgan fingerprint density at radius 3 is 1.92 bits per heavy atom. The van der Waals surface area contributed by atoms with Crippen LogP contribution in [0.25, 0.3) is 0 Å². The Kier molecular flexibility index (Phi) is 5.63. The van der Waals surface area contributed by atoms with Crippen LogP contribution in [0.1, 0.15) is 34.1 Å². The zero-order chi connectivity index (χ0) is 18.5. The number of alkyl halides is 1. The van der Waals surface area contributed by atoms with Crippen molar-refractivity contribution in [3.8, 4) is 0 Å². The molecule has 2 aromatic carbocycles. The molecule has 4 atom stereocenters. The summed E-state index contributed by atoms with van der Waals surface area (Å²) >= 11 is 0. The van der Waals surface area contributed by atoms with Gasteiger partial charge in [-0.15, -0.1) is 0 Å². The lowest BCUT2D eigenvalue weighted by atomic mass is 10.1. The van der Waals surface area contributed by atoms with E-state index in [2.05, 4.69) is 0 Å². The van der Waals surface area contributed by atoms with Gasteiger partial charge in [0, 0.05) is 0 Å². The number of hydrogen-bond acceptors (Lipinski definition) is 5. The van der Waals surface area contributed by atoms with Gasteiger partial charge in [-0.3, -0.25) is 0 Å². The molecule has 1 heterocycles. The number of ether oxygens (including phenoxy) is 3. The van der Waals surface area contributed by atoms with Crippen LogP contribution in [-0.2, 0) is 14.2 Å². The Morgan fingerprint density at radius 2 is 1.42 bits per heavy atom. The van der Waals surface area contributed by atoms with Gasteiger partial charge in [-0.25, -0.2) is 14.0 Å². The molecule has 1 aliphatic rings. The molecule has 1 unspecified atom stereocenters. The Bertz CT molecular complexity index is 749. The molecule has 0 aliphatic carbocycles. The molecule has 3 rings (SSSR count).